The Morgan fingerprint density at radius 1 is 1.21 bits per heavy atom. The van der Waals surface area contributed by atoms with Gasteiger partial charge in [0.1, 0.15) is 5.56 Å². The van der Waals surface area contributed by atoms with Gasteiger partial charge in [-0.25, -0.2) is 4.79 Å². The van der Waals surface area contributed by atoms with Gasteiger partial charge in [-0.1, -0.05) is 39.7 Å². The fourth-order valence-corrected chi connectivity index (χ4v) is 2.39. The lowest BCUT2D eigenvalue weighted by molar-refractivity contribution is -0.385. The summed E-state index contributed by atoms with van der Waals surface area (Å²) in [5, 5.41) is 11.1. The van der Waals surface area contributed by atoms with E-state index in [0.29, 0.717) is 5.56 Å². The minimum Gasteiger partial charge on any atom is -0.450 e. The highest BCUT2D eigenvalue weighted by molar-refractivity contribution is 9.10. The van der Waals surface area contributed by atoms with Crippen LogP contribution in [0.5, 0.6) is 0 Å². The number of carbonyl (C=O) groups excluding carboxylic acids is 2. The van der Waals surface area contributed by atoms with Crippen molar-refractivity contribution in [2.24, 2.45) is 0 Å². The van der Waals surface area contributed by atoms with Crippen molar-refractivity contribution in [2.45, 2.75) is 13.0 Å². The molecule has 2 rings (SSSR count). The average Bonchev–Trinajstić information content (AvgIpc) is 2.54. The maximum Gasteiger partial charge on any atom is 0.345 e. The van der Waals surface area contributed by atoms with Crippen molar-refractivity contribution in [1.29, 1.82) is 0 Å². The van der Waals surface area contributed by atoms with Gasteiger partial charge in [0.05, 0.1) is 4.92 Å². The van der Waals surface area contributed by atoms with Gasteiger partial charge >= 0.3 is 5.97 Å². The van der Waals surface area contributed by atoms with Crippen LogP contribution in [0.1, 0.15) is 27.6 Å². The SMILES string of the molecule is CC(OC(=O)c1ccc(Cl)cc1[N+](=O)[O-])C(=O)c1ccc(Br)cc1. The van der Waals surface area contributed by atoms with Crippen LogP contribution in [0, 0.1) is 10.1 Å². The first kappa shape index (κ1) is 18.1. The zero-order valence-electron chi connectivity index (χ0n) is 12.4. The van der Waals surface area contributed by atoms with Crippen LogP contribution in [-0.2, 0) is 4.74 Å². The normalized spacial score (nSPS) is 11.6. The Morgan fingerprint density at radius 3 is 2.42 bits per heavy atom. The molecule has 0 spiro atoms. The number of carbonyl (C=O) groups is 2. The third-order valence-electron chi connectivity index (χ3n) is 3.16. The van der Waals surface area contributed by atoms with E-state index in [1.807, 2.05) is 0 Å². The molecule has 0 radical (unpaired) electrons. The Hall–Kier alpha value is -2.25. The number of benzene rings is 2. The van der Waals surface area contributed by atoms with Crippen LogP contribution < -0.4 is 0 Å². The molecule has 0 saturated heterocycles. The molecular formula is C16H11BrClNO5. The molecule has 0 fully saturated rings. The molecule has 2 aromatic carbocycles. The highest BCUT2D eigenvalue weighted by atomic mass is 79.9. The summed E-state index contributed by atoms with van der Waals surface area (Å²) in [6, 6.07) is 10.1. The van der Waals surface area contributed by atoms with Gasteiger partial charge in [0.25, 0.3) is 5.69 Å². The lowest BCUT2D eigenvalue weighted by Gasteiger charge is -2.12. The summed E-state index contributed by atoms with van der Waals surface area (Å²) in [7, 11) is 0. The van der Waals surface area contributed by atoms with Crippen LogP contribution >= 0.6 is 27.5 Å². The largest absolute Gasteiger partial charge is 0.450 e. The van der Waals surface area contributed by atoms with Crippen molar-refractivity contribution < 1.29 is 19.2 Å². The summed E-state index contributed by atoms with van der Waals surface area (Å²) in [6.07, 6.45) is -1.09. The van der Waals surface area contributed by atoms with Gasteiger partial charge in [-0.3, -0.25) is 14.9 Å². The maximum atomic E-state index is 12.2. The molecule has 1 atom stereocenters. The summed E-state index contributed by atoms with van der Waals surface area (Å²) < 4.78 is 5.87. The van der Waals surface area contributed by atoms with Crippen molar-refractivity contribution in [3.05, 3.63) is 73.2 Å². The molecule has 1 unspecified atom stereocenters. The van der Waals surface area contributed by atoms with Crippen LogP contribution in [0.4, 0.5) is 5.69 Å². The Morgan fingerprint density at radius 2 is 1.83 bits per heavy atom. The second kappa shape index (κ2) is 7.55. The number of halogens is 2. The molecule has 0 saturated carbocycles. The molecule has 8 heteroatoms. The van der Waals surface area contributed by atoms with E-state index in [4.69, 9.17) is 16.3 Å². The molecular weight excluding hydrogens is 402 g/mol. The molecule has 0 aliphatic heterocycles. The Balaban J connectivity index is 2.18. The van der Waals surface area contributed by atoms with Crippen molar-refractivity contribution in [1.82, 2.24) is 0 Å². The topological polar surface area (TPSA) is 86.5 Å². The van der Waals surface area contributed by atoms with Crippen LogP contribution in [0.2, 0.25) is 5.02 Å². The van der Waals surface area contributed by atoms with Crippen molar-refractivity contribution in [3.8, 4) is 0 Å². The molecule has 0 heterocycles. The summed E-state index contributed by atoms with van der Waals surface area (Å²) in [6.45, 7) is 1.41. The molecule has 0 amide bonds. The summed E-state index contributed by atoms with van der Waals surface area (Å²) in [4.78, 5) is 34.7. The number of ketones is 1. The van der Waals surface area contributed by atoms with Crippen LogP contribution in [0.25, 0.3) is 0 Å². The minimum absolute atomic E-state index is 0.122. The molecule has 0 aliphatic carbocycles. The quantitative estimate of drug-likeness (QED) is 0.314. The minimum atomic E-state index is -1.09. The number of rotatable bonds is 5. The Bertz CT molecular complexity index is 807. The summed E-state index contributed by atoms with van der Waals surface area (Å²) >= 11 is 8.96. The maximum absolute atomic E-state index is 12.2. The van der Waals surface area contributed by atoms with Gasteiger partial charge in [-0.2, -0.15) is 0 Å². The Labute approximate surface area is 150 Å². The van der Waals surface area contributed by atoms with Crippen LogP contribution in [0.3, 0.4) is 0 Å². The van der Waals surface area contributed by atoms with Gasteiger partial charge in [0.15, 0.2) is 6.10 Å². The van der Waals surface area contributed by atoms with E-state index < -0.39 is 28.5 Å². The second-order valence-corrected chi connectivity index (χ2v) is 6.19. The molecule has 124 valence electrons. The first-order valence-electron chi connectivity index (χ1n) is 6.74. The van der Waals surface area contributed by atoms with Crippen LogP contribution in [-0.4, -0.2) is 22.8 Å². The highest BCUT2D eigenvalue weighted by Crippen LogP contribution is 2.24. The van der Waals surface area contributed by atoms with E-state index in [9.17, 15) is 19.7 Å². The first-order valence-corrected chi connectivity index (χ1v) is 7.91. The summed E-state index contributed by atoms with van der Waals surface area (Å²) in [5.41, 5.74) is -0.375. The van der Waals surface area contributed by atoms with E-state index in [1.165, 1.54) is 19.1 Å². The number of nitro groups is 1. The number of Topliss-reactive ketones (excluding diaryl/α,β-unsaturated/α-hetero) is 1. The molecule has 0 aliphatic rings. The number of esters is 1. The molecule has 0 aromatic heterocycles. The number of hydrogen-bond donors (Lipinski definition) is 0. The van der Waals surface area contributed by atoms with E-state index in [-0.39, 0.29) is 10.6 Å². The molecule has 0 bridgehead atoms. The fraction of sp³-hybridized carbons (Fsp3) is 0.125. The third-order valence-corrected chi connectivity index (χ3v) is 3.92. The number of hydrogen-bond acceptors (Lipinski definition) is 5. The van der Waals surface area contributed by atoms with Crippen molar-refractivity contribution in [2.75, 3.05) is 0 Å². The smallest absolute Gasteiger partial charge is 0.345 e. The van der Waals surface area contributed by atoms with E-state index in [0.717, 1.165) is 10.5 Å². The standard InChI is InChI=1S/C16H11BrClNO5/c1-9(15(20)10-2-4-11(17)5-3-10)24-16(21)13-7-6-12(18)8-14(13)19(22)23/h2-9H,1H3. The van der Waals surface area contributed by atoms with Gasteiger partial charge in [0.2, 0.25) is 5.78 Å². The van der Waals surface area contributed by atoms with Crippen LogP contribution in [0.15, 0.2) is 46.9 Å². The predicted octanol–water partition coefficient (Wildman–Crippen LogP) is 4.44. The number of nitro benzene ring substituents is 1. The van der Waals surface area contributed by atoms with Gasteiger partial charge in [0, 0.05) is 21.1 Å². The highest BCUT2D eigenvalue weighted by Gasteiger charge is 2.26. The monoisotopic (exact) mass is 411 g/mol. The lowest BCUT2D eigenvalue weighted by atomic mass is 10.1. The van der Waals surface area contributed by atoms with Gasteiger partial charge in [-0.05, 0) is 31.2 Å². The van der Waals surface area contributed by atoms with E-state index >= 15 is 0 Å². The zero-order valence-corrected chi connectivity index (χ0v) is 14.7. The molecule has 24 heavy (non-hydrogen) atoms. The Kier molecular flexibility index (Phi) is 5.69. The molecule has 0 N–H and O–H groups in total. The van der Waals surface area contributed by atoms with Crippen molar-refractivity contribution >= 4 is 45.0 Å². The number of ether oxygens (including phenoxy) is 1. The molecule has 2 aromatic rings. The lowest BCUT2D eigenvalue weighted by Crippen LogP contribution is -2.24. The second-order valence-electron chi connectivity index (χ2n) is 4.84. The fourth-order valence-electron chi connectivity index (χ4n) is 1.95. The summed E-state index contributed by atoms with van der Waals surface area (Å²) in [5.74, 6) is -1.37. The van der Waals surface area contributed by atoms with Crippen molar-refractivity contribution in [3.63, 3.8) is 0 Å². The number of nitrogens with zero attached hydrogens (tertiary/aromatic N) is 1. The van der Waals surface area contributed by atoms with E-state index in [2.05, 4.69) is 15.9 Å². The van der Waals surface area contributed by atoms with E-state index in [1.54, 1.807) is 24.3 Å². The zero-order chi connectivity index (χ0) is 17.9. The molecule has 6 nitrogen and oxygen atoms in total. The third kappa shape index (κ3) is 4.18. The first-order chi connectivity index (χ1) is 11.3. The van der Waals surface area contributed by atoms with Gasteiger partial charge in [-0.15, -0.1) is 0 Å². The van der Waals surface area contributed by atoms with Gasteiger partial charge < -0.3 is 4.74 Å². The average molecular weight is 413 g/mol. The predicted molar refractivity (Wildman–Crippen MR) is 91.5 cm³/mol.